The van der Waals surface area contributed by atoms with E-state index in [0.29, 0.717) is 31.5 Å². The molecule has 0 saturated carbocycles. The summed E-state index contributed by atoms with van der Waals surface area (Å²) < 4.78 is 1.06. The molecule has 2 N–H and O–H groups in total. The van der Waals surface area contributed by atoms with Gasteiger partial charge in [-0.3, -0.25) is 4.79 Å². The summed E-state index contributed by atoms with van der Waals surface area (Å²) in [6, 6.07) is 8.53. The largest absolute Gasteiger partial charge is 0.506 e. The lowest BCUT2D eigenvalue weighted by molar-refractivity contribution is -0.110. The van der Waals surface area contributed by atoms with Crippen LogP contribution < -0.4 is 5.32 Å². The first-order chi connectivity index (χ1) is 10.5. The standard InChI is InChI=1S/C16H8Br2N2O2/c1-19-9-2-3-14-10(7-9)11(16(22)20-14)4-8-5-12(17)15(21)13(18)6-8/h2-7,21H,(H,20,22)/b11-4-. The van der Waals surface area contributed by atoms with Gasteiger partial charge in [0, 0.05) is 16.8 Å². The molecule has 0 radical (unpaired) electrons. The van der Waals surface area contributed by atoms with Gasteiger partial charge in [0.05, 0.1) is 15.5 Å². The summed E-state index contributed by atoms with van der Waals surface area (Å²) >= 11 is 6.53. The Balaban J connectivity index is 2.14. The van der Waals surface area contributed by atoms with Crippen molar-refractivity contribution in [3.63, 3.8) is 0 Å². The lowest BCUT2D eigenvalue weighted by atomic mass is 10.0. The van der Waals surface area contributed by atoms with Crippen LogP contribution in [0, 0.1) is 6.57 Å². The molecule has 0 aromatic heterocycles. The molecule has 0 unspecified atom stereocenters. The Morgan fingerprint density at radius 1 is 1.18 bits per heavy atom. The molecular weight excluding hydrogens is 412 g/mol. The minimum absolute atomic E-state index is 0.105. The third-order valence-corrected chi connectivity index (χ3v) is 4.47. The predicted molar refractivity (Wildman–Crippen MR) is 92.7 cm³/mol. The summed E-state index contributed by atoms with van der Waals surface area (Å²) in [4.78, 5) is 15.5. The highest BCUT2D eigenvalue weighted by Crippen LogP contribution is 2.38. The maximum absolute atomic E-state index is 12.1. The number of carbonyl (C=O) groups is 1. The fourth-order valence-electron chi connectivity index (χ4n) is 2.22. The number of carbonyl (C=O) groups excluding carboxylic acids is 1. The molecule has 22 heavy (non-hydrogen) atoms. The number of aromatic hydroxyl groups is 1. The number of phenols is 1. The lowest BCUT2D eigenvalue weighted by Gasteiger charge is -2.04. The summed E-state index contributed by atoms with van der Waals surface area (Å²) in [5, 5.41) is 12.5. The first-order valence-corrected chi connectivity index (χ1v) is 7.81. The van der Waals surface area contributed by atoms with E-state index in [4.69, 9.17) is 6.57 Å². The van der Waals surface area contributed by atoms with Crippen LogP contribution in [0.2, 0.25) is 0 Å². The maximum atomic E-state index is 12.1. The molecule has 0 spiro atoms. The predicted octanol–water partition coefficient (Wildman–Crippen LogP) is 4.96. The second-order valence-corrected chi connectivity index (χ2v) is 6.40. The molecule has 2 aromatic carbocycles. The summed E-state index contributed by atoms with van der Waals surface area (Å²) in [5.74, 6) is -0.105. The lowest BCUT2D eigenvalue weighted by Crippen LogP contribution is -2.03. The quantitative estimate of drug-likeness (QED) is 0.507. The van der Waals surface area contributed by atoms with Gasteiger partial charge < -0.3 is 10.4 Å². The van der Waals surface area contributed by atoms with Gasteiger partial charge in [-0.15, -0.1) is 0 Å². The number of nitrogens with one attached hydrogen (secondary N) is 1. The second-order valence-electron chi connectivity index (χ2n) is 4.69. The molecule has 1 amide bonds. The number of hydrogen-bond acceptors (Lipinski definition) is 2. The van der Waals surface area contributed by atoms with Gasteiger partial charge in [-0.05, 0) is 67.8 Å². The molecule has 4 nitrogen and oxygen atoms in total. The SMILES string of the molecule is [C-]#[N+]c1ccc2c(c1)/C(=C/c1cc(Br)c(O)c(Br)c1)C(=O)N2. The molecule has 0 aliphatic carbocycles. The van der Waals surface area contributed by atoms with Crippen LogP contribution in [-0.4, -0.2) is 11.0 Å². The molecule has 1 heterocycles. The Kier molecular flexibility index (Phi) is 3.77. The number of nitrogens with zero attached hydrogens (tertiary/aromatic N) is 1. The van der Waals surface area contributed by atoms with Gasteiger partial charge in [0.2, 0.25) is 0 Å². The van der Waals surface area contributed by atoms with Gasteiger partial charge in [-0.25, -0.2) is 4.85 Å². The summed E-state index contributed by atoms with van der Waals surface area (Å²) in [6.45, 7) is 7.08. The molecule has 108 valence electrons. The molecule has 0 atom stereocenters. The Hall–Kier alpha value is -2.10. The Morgan fingerprint density at radius 3 is 2.50 bits per heavy atom. The van der Waals surface area contributed by atoms with Crippen molar-refractivity contribution in [3.05, 3.63) is 61.8 Å². The average molecular weight is 420 g/mol. The van der Waals surface area contributed by atoms with Crippen molar-refractivity contribution in [1.29, 1.82) is 0 Å². The van der Waals surface area contributed by atoms with Crippen molar-refractivity contribution in [2.24, 2.45) is 0 Å². The van der Waals surface area contributed by atoms with E-state index < -0.39 is 0 Å². The first-order valence-electron chi connectivity index (χ1n) is 6.22. The highest BCUT2D eigenvalue weighted by atomic mass is 79.9. The fourth-order valence-corrected chi connectivity index (χ4v) is 3.45. The molecule has 1 aliphatic rings. The van der Waals surface area contributed by atoms with E-state index in [1.807, 2.05) is 0 Å². The van der Waals surface area contributed by atoms with E-state index in [-0.39, 0.29) is 11.7 Å². The topological polar surface area (TPSA) is 53.7 Å². The van der Waals surface area contributed by atoms with Gasteiger partial charge in [-0.1, -0.05) is 6.07 Å². The van der Waals surface area contributed by atoms with Gasteiger partial charge in [-0.2, -0.15) is 0 Å². The van der Waals surface area contributed by atoms with Crippen molar-refractivity contribution in [2.75, 3.05) is 5.32 Å². The van der Waals surface area contributed by atoms with Crippen molar-refractivity contribution >= 4 is 60.8 Å². The van der Waals surface area contributed by atoms with Crippen LogP contribution in [0.15, 0.2) is 39.3 Å². The molecular formula is C16H8Br2N2O2. The summed E-state index contributed by atoms with van der Waals surface area (Å²) in [5.41, 5.74) is 3.13. The highest BCUT2D eigenvalue weighted by molar-refractivity contribution is 9.11. The normalized spacial score (nSPS) is 14.6. The molecule has 0 saturated heterocycles. The second kappa shape index (κ2) is 5.59. The number of halogens is 2. The van der Waals surface area contributed by atoms with Crippen molar-refractivity contribution < 1.29 is 9.90 Å². The summed E-state index contributed by atoms with van der Waals surface area (Å²) in [6.07, 6.45) is 1.73. The Labute approximate surface area is 143 Å². The molecule has 0 bridgehead atoms. The molecule has 2 aromatic rings. The van der Waals surface area contributed by atoms with Crippen LogP contribution in [0.3, 0.4) is 0 Å². The van der Waals surface area contributed by atoms with Crippen LogP contribution in [-0.2, 0) is 4.79 Å². The summed E-state index contributed by atoms with van der Waals surface area (Å²) in [7, 11) is 0. The number of amides is 1. The molecule has 0 fully saturated rings. The van der Waals surface area contributed by atoms with E-state index in [1.54, 1.807) is 36.4 Å². The number of anilines is 1. The smallest absolute Gasteiger partial charge is 0.256 e. The van der Waals surface area contributed by atoms with Crippen LogP contribution in [0.1, 0.15) is 11.1 Å². The van der Waals surface area contributed by atoms with Gasteiger partial charge in [0.15, 0.2) is 5.69 Å². The zero-order chi connectivity index (χ0) is 15.9. The van der Waals surface area contributed by atoms with Crippen LogP contribution >= 0.6 is 31.9 Å². The van der Waals surface area contributed by atoms with Crippen LogP contribution in [0.25, 0.3) is 16.5 Å². The van der Waals surface area contributed by atoms with Crippen molar-refractivity contribution in [3.8, 4) is 5.75 Å². The minimum atomic E-state index is -0.211. The zero-order valence-electron chi connectivity index (χ0n) is 11.0. The monoisotopic (exact) mass is 418 g/mol. The van der Waals surface area contributed by atoms with E-state index in [1.165, 1.54) is 0 Å². The van der Waals surface area contributed by atoms with E-state index in [9.17, 15) is 9.90 Å². The van der Waals surface area contributed by atoms with Gasteiger partial charge in [0.1, 0.15) is 5.75 Å². The van der Waals surface area contributed by atoms with Crippen LogP contribution in [0.5, 0.6) is 5.75 Å². The van der Waals surface area contributed by atoms with E-state index in [0.717, 1.165) is 5.56 Å². The number of hydrogen-bond donors (Lipinski definition) is 2. The minimum Gasteiger partial charge on any atom is -0.506 e. The maximum Gasteiger partial charge on any atom is 0.256 e. The number of benzene rings is 2. The highest BCUT2D eigenvalue weighted by Gasteiger charge is 2.24. The Morgan fingerprint density at radius 2 is 1.86 bits per heavy atom. The van der Waals surface area contributed by atoms with Gasteiger partial charge >= 0.3 is 0 Å². The third-order valence-electron chi connectivity index (χ3n) is 3.27. The van der Waals surface area contributed by atoms with Gasteiger partial charge in [0.25, 0.3) is 5.91 Å². The van der Waals surface area contributed by atoms with Crippen molar-refractivity contribution in [1.82, 2.24) is 0 Å². The third kappa shape index (κ3) is 2.54. The molecule has 3 rings (SSSR count). The van der Waals surface area contributed by atoms with Crippen LogP contribution in [0.4, 0.5) is 11.4 Å². The molecule has 1 aliphatic heterocycles. The fraction of sp³-hybridized carbons (Fsp3) is 0. The number of rotatable bonds is 1. The number of phenolic OH excluding ortho intramolecular Hbond substituents is 1. The van der Waals surface area contributed by atoms with E-state index >= 15 is 0 Å². The first kappa shape index (κ1) is 14.8. The van der Waals surface area contributed by atoms with E-state index in [2.05, 4.69) is 42.0 Å². The number of fused-ring (bicyclic) bond motifs is 1. The zero-order valence-corrected chi connectivity index (χ0v) is 14.2. The average Bonchev–Trinajstić information content (AvgIpc) is 2.80. The Bertz CT molecular complexity index is 859. The molecule has 6 heteroatoms. The van der Waals surface area contributed by atoms with Crippen molar-refractivity contribution in [2.45, 2.75) is 0 Å².